The van der Waals surface area contributed by atoms with Crippen molar-refractivity contribution in [2.45, 2.75) is 111 Å². The van der Waals surface area contributed by atoms with E-state index in [1.807, 2.05) is 38.3 Å². The molecule has 306 valence electrons. The van der Waals surface area contributed by atoms with Gasteiger partial charge in [0.05, 0.1) is 59.4 Å². The highest BCUT2D eigenvalue weighted by molar-refractivity contribution is 7.09. The molecule has 11 nitrogen and oxygen atoms in total. The highest BCUT2D eigenvalue weighted by Crippen LogP contribution is 2.57. The third-order valence-corrected chi connectivity index (χ3v) is 13.9. The Kier molecular flexibility index (Phi) is 11.5. The van der Waals surface area contributed by atoms with Crippen LogP contribution in [0.1, 0.15) is 91.0 Å². The van der Waals surface area contributed by atoms with Crippen molar-refractivity contribution in [3.63, 3.8) is 0 Å². The summed E-state index contributed by atoms with van der Waals surface area (Å²) in [7, 11) is 1.53. The van der Waals surface area contributed by atoms with E-state index in [9.17, 15) is 24.3 Å². The molecule has 3 saturated carbocycles. The van der Waals surface area contributed by atoms with Crippen molar-refractivity contribution in [2.24, 2.45) is 40.4 Å². The Morgan fingerprint density at radius 1 is 1.11 bits per heavy atom. The average molecular weight is 820 g/mol. The van der Waals surface area contributed by atoms with Crippen LogP contribution in [0.15, 0.2) is 36.2 Å². The quantitative estimate of drug-likeness (QED) is 0.117. The van der Waals surface area contributed by atoms with Gasteiger partial charge in [0.25, 0.3) is 0 Å². The van der Waals surface area contributed by atoms with E-state index in [4.69, 9.17) is 35.8 Å². The van der Waals surface area contributed by atoms with E-state index in [-0.39, 0.29) is 49.5 Å². The maximum Gasteiger partial charge on any atom is 0.310 e. The Labute approximate surface area is 343 Å². The number of methoxy groups -OCH3 is 1. The van der Waals surface area contributed by atoms with Crippen molar-refractivity contribution in [3.8, 4) is 22.9 Å². The van der Waals surface area contributed by atoms with Gasteiger partial charge in [-0.05, 0) is 73.3 Å². The molecule has 7 rings (SSSR count). The van der Waals surface area contributed by atoms with Crippen molar-refractivity contribution in [1.29, 1.82) is 0 Å². The predicted octanol–water partition coefficient (Wildman–Crippen LogP) is 8.59. The third-order valence-electron chi connectivity index (χ3n) is 12.7. The zero-order valence-electron chi connectivity index (χ0n) is 33.7. The summed E-state index contributed by atoms with van der Waals surface area (Å²) in [5, 5.41) is 14.1. The summed E-state index contributed by atoms with van der Waals surface area (Å²) < 4.78 is 18.3. The number of carboxylic acids is 1. The number of aromatic nitrogens is 2. The number of carboxylic acid groups (broad SMARTS) is 1. The number of hydrogen-bond donors (Lipinski definition) is 1. The molecule has 57 heavy (non-hydrogen) atoms. The number of aliphatic carboxylic acids is 1. The number of ether oxygens (including phenoxy) is 3. The molecule has 3 aliphatic carbocycles. The van der Waals surface area contributed by atoms with Gasteiger partial charge < -0.3 is 24.2 Å². The minimum absolute atomic E-state index is 0.0481. The van der Waals surface area contributed by atoms with Crippen molar-refractivity contribution in [2.75, 3.05) is 13.7 Å². The van der Waals surface area contributed by atoms with E-state index < -0.39 is 40.8 Å². The number of thiazole rings is 1. The van der Waals surface area contributed by atoms with E-state index in [2.05, 4.69) is 20.4 Å². The molecule has 8 atom stereocenters. The third kappa shape index (κ3) is 8.31. The highest BCUT2D eigenvalue weighted by Gasteiger charge is 2.61. The molecule has 1 saturated heterocycles. The molecule has 3 heterocycles. The molecule has 13 heteroatoms. The molecule has 1 amide bonds. The van der Waals surface area contributed by atoms with E-state index >= 15 is 0 Å². The fourth-order valence-corrected chi connectivity index (χ4v) is 10.6. The second-order valence-corrected chi connectivity index (χ2v) is 19.5. The first-order chi connectivity index (χ1) is 27.0. The van der Waals surface area contributed by atoms with Gasteiger partial charge in [-0.1, -0.05) is 52.3 Å². The van der Waals surface area contributed by atoms with Crippen LogP contribution in [0, 0.1) is 40.4 Å². The number of ketones is 1. The Hall–Kier alpha value is -4.03. The van der Waals surface area contributed by atoms with Crippen molar-refractivity contribution < 1.29 is 38.5 Å². The molecule has 1 N–H and O–H groups in total. The Bertz CT molecular complexity index is 2080. The number of allylic oxidation sites excluding steroid dienone is 1. The van der Waals surface area contributed by atoms with Gasteiger partial charge in [0.15, 0.2) is 5.78 Å². The number of esters is 1. The first-order valence-electron chi connectivity index (χ1n) is 20.2. The van der Waals surface area contributed by atoms with Crippen LogP contribution >= 0.6 is 22.9 Å². The summed E-state index contributed by atoms with van der Waals surface area (Å²) in [6, 6.07) is 4.39. The van der Waals surface area contributed by atoms with Gasteiger partial charge in [-0.2, -0.15) is 0 Å². The normalized spacial score (nSPS) is 27.1. The molecule has 3 aromatic rings. The number of carbonyl (C=O) groups excluding carboxylic acids is 3. The first kappa shape index (κ1) is 41.1. The number of likely N-dealkylation sites (tertiary alicyclic amines) is 1. The standard InChI is InChI=1S/C44H54ClN3O8S/c1-8-26-19-44(26,42(52)53)20-33(49)32-16-27(21-48(32)41(51)29(43(4,5)6)17-38(50)56-35-15-24-9-10-25(35)14-24)55-36-18-30(31-22-57-37(46-31)13-23(2)3)47-40-28(36)11-12-34(54-7)39(40)45/h8,11-12,18,22-27,29,32,35H,1,9-10,13-17,19-21H2,2-7H3,(H,52,53)/t24?,25?,26?,27?,29-,32+,35?,44-/m1/s1. The van der Waals surface area contributed by atoms with E-state index in [0.29, 0.717) is 63.0 Å². The van der Waals surface area contributed by atoms with Gasteiger partial charge in [0.1, 0.15) is 28.7 Å². The number of Topliss-reactive ketones (excluding diaryl/α,β-unsaturated/α-hetero) is 1. The molecular formula is C44H54ClN3O8S. The summed E-state index contributed by atoms with van der Waals surface area (Å²) in [5.41, 5.74) is -0.239. The largest absolute Gasteiger partial charge is 0.495 e. The van der Waals surface area contributed by atoms with Crippen LogP contribution in [0.3, 0.4) is 0 Å². The van der Waals surface area contributed by atoms with Gasteiger partial charge >= 0.3 is 11.9 Å². The number of rotatable bonds is 15. The molecular weight excluding hydrogens is 766 g/mol. The van der Waals surface area contributed by atoms with Gasteiger partial charge in [0.2, 0.25) is 5.91 Å². The lowest BCUT2D eigenvalue weighted by atomic mass is 9.77. The lowest BCUT2D eigenvalue weighted by Crippen LogP contribution is -2.48. The molecule has 4 fully saturated rings. The SMILES string of the molecule is C=CC1C[C@]1(CC(=O)[C@@H]1CC(Oc2cc(-c3csc(CC(C)C)n3)nc3c(Cl)c(OC)ccc23)CN1C(=O)[C@@H](CC(=O)OC1CC2CCC1C2)C(C)(C)C)C(=O)O. The number of hydrogen-bond acceptors (Lipinski definition) is 10. The van der Waals surface area contributed by atoms with Crippen molar-refractivity contribution in [1.82, 2.24) is 14.9 Å². The van der Waals surface area contributed by atoms with E-state index in [1.165, 1.54) is 18.4 Å². The van der Waals surface area contributed by atoms with Crippen LogP contribution in [-0.2, 0) is 30.3 Å². The molecule has 4 aliphatic rings. The Balaban J connectivity index is 1.20. The van der Waals surface area contributed by atoms with Gasteiger partial charge in [-0.3, -0.25) is 19.2 Å². The first-order valence-corrected chi connectivity index (χ1v) is 21.4. The summed E-state index contributed by atoms with van der Waals surface area (Å²) in [5.74, 6) is -1.02. The smallest absolute Gasteiger partial charge is 0.310 e. The number of nitrogens with zero attached hydrogens (tertiary/aromatic N) is 3. The van der Waals surface area contributed by atoms with Crippen LogP contribution in [0.4, 0.5) is 0 Å². The number of halogens is 1. The second kappa shape index (κ2) is 16.0. The lowest BCUT2D eigenvalue weighted by molar-refractivity contribution is -0.158. The van der Waals surface area contributed by atoms with E-state index in [1.54, 1.807) is 23.5 Å². The fourth-order valence-electron chi connectivity index (χ4n) is 9.35. The molecule has 5 unspecified atom stereocenters. The fraction of sp³-hybridized carbons (Fsp3) is 0.591. The maximum absolute atomic E-state index is 14.8. The van der Waals surface area contributed by atoms with Crippen molar-refractivity contribution >= 4 is 57.5 Å². The highest BCUT2D eigenvalue weighted by atomic mass is 35.5. The Morgan fingerprint density at radius 2 is 1.88 bits per heavy atom. The lowest BCUT2D eigenvalue weighted by Gasteiger charge is -2.35. The molecule has 1 aromatic carbocycles. The van der Waals surface area contributed by atoms with Gasteiger partial charge in [0, 0.05) is 36.1 Å². The number of amides is 1. The minimum atomic E-state index is -1.26. The monoisotopic (exact) mass is 819 g/mol. The summed E-state index contributed by atoms with van der Waals surface area (Å²) in [6.07, 6.45) is 5.89. The van der Waals surface area contributed by atoms with Crippen LogP contribution in [0.2, 0.25) is 5.02 Å². The van der Waals surface area contributed by atoms with Crippen LogP contribution < -0.4 is 9.47 Å². The second-order valence-electron chi connectivity index (χ2n) is 18.2. The minimum Gasteiger partial charge on any atom is -0.495 e. The zero-order valence-corrected chi connectivity index (χ0v) is 35.3. The zero-order chi connectivity index (χ0) is 41.0. The van der Waals surface area contributed by atoms with Crippen LogP contribution in [-0.4, -0.2) is 75.5 Å². The molecule has 0 spiro atoms. The van der Waals surface area contributed by atoms with E-state index in [0.717, 1.165) is 30.7 Å². The number of benzene rings is 1. The summed E-state index contributed by atoms with van der Waals surface area (Å²) in [6.45, 7) is 13.8. The average Bonchev–Trinajstić information content (AvgIpc) is 3.67. The predicted molar refractivity (Wildman–Crippen MR) is 218 cm³/mol. The molecule has 2 aromatic heterocycles. The van der Waals surface area contributed by atoms with Gasteiger partial charge in [-0.25, -0.2) is 9.97 Å². The topological polar surface area (TPSA) is 145 Å². The van der Waals surface area contributed by atoms with Crippen molar-refractivity contribution in [3.05, 3.63) is 46.3 Å². The number of fused-ring (bicyclic) bond motifs is 3. The maximum atomic E-state index is 14.8. The summed E-state index contributed by atoms with van der Waals surface area (Å²) >= 11 is 8.41. The van der Waals surface area contributed by atoms with Gasteiger partial charge in [-0.15, -0.1) is 17.9 Å². The molecule has 0 radical (unpaired) electrons. The number of pyridine rings is 1. The van der Waals surface area contributed by atoms with Crippen LogP contribution in [0.25, 0.3) is 22.3 Å². The van der Waals surface area contributed by atoms with Crippen LogP contribution in [0.5, 0.6) is 11.5 Å². The molecule has 2 bridgehead atoms. The number of carbonyl (C=O) groups is 4. The molecule has 1 aliphatic heterocycles. The Morgan fingerprint density at radius 3 is 2.49 bits per heavy atom. The summed E-state index contributed by atoms with van der Waals surface area (Å²) in [4.78, 5) is 66.4.